The summed E-state index contributed by atoms with van der Waals surface area (Å²) in [5.74, 6) is -2.83. The van der Waals surface area contributed by atoms with Gasteiger partial charge in [-0.25, -0.2) is 9.55 Å². The Kier molecular flexibility index (Phi) is 7.97. The van der Waals surface area contributed by atoms with Crippen LogP contribution in [0.1, 0.15) is 19.0 Å². The molecule has 1 aliphatic carbocycles. The van der Waals surface area contributed by atoms with Crippen LogP contribution in [0.4, 0.5) is 0 Å². The fourth-order valence-electron chi connectivity index (χ4n) is 5.75. The number of ether oxygens (including phenoxy) is 3. The number of imidazole rings is 1. The third kappa shape index (κ3) is 5.37. The fourth-order valence-corrected chi connectivity index (χ4v) is 6.15. The van der Waals surface area contributed by atoms with Crippen LogP contribution in [0, 0.1) is 0 Å². The number of aliphatic hydroxyl groups excluding tert-OH is 2. The lowest BCUT2D eigenvalue weighted by Crippen LogP contribution is -2.79. The Bertz CT molecular complexity index is 1290. The molecule has 222 valence electrons. The highest BCUT2D eigenvalue weighted by atomic mass is 31.2. The average molecular weight is 588 g/mol. The molecule has 0 unspecified atom stereocenters. The van der Waals surface area contributed by atoms with Gasteiger partial charge in [0.15, 0.2) is 11.4 Å². The van der Waals surface area contributed by atoms with Crippen LogP contribution in [0.3, 0.4) is 0 Å². The van der Waals surface area contributed by atoms with Crippen molar-refractivity contribution >= 4 is 19.4 Å². The van der Waals surface area contributed by atoms with Crippen LogP contribution in [0.2, 0.25) is 0 Å². The number of rotatable bonds is 7. The minimum Gasteiger partial charge on any atom is -0.400 e. The maximum Gasteiger partial charge on any atom is 0.524 e. The number of hydrogen-bond donors (Lipinski definition) is 8. The molecule has 2 aliphatic heterocycles. The monoisotopic (exact) mass is 587 g/mol. The second-order valence-electron chi connectivity index (χ2n) is 10.3. The van der Waals surface area contributed by atoms with E-state index >= 15 is 0 Å². The van der Waals surface area contributed by atoms with Crippen LogP contribution in [0.5, 0.6) is 5.75 Å². The number of nitrogens with zero attached hydrogens (tertiary/aromatic N) is 2. The van der Waals surface area contributed by atoms with Gasteiger partial charge in [0.1, 0.15) is 18.3 Å². The number of hydrogen-bond acceptors (Lipinski definition) is 12. The van der Waals surface area contributed by atoms with Crippen molar-refractivity contribution in [3.8, 4) is 5.75 Å². The summed E-state index contributed by atoms with van der Waals surface area (Å²) in [5, 5.41) is 42.0. The molecule has 0 spiro atoms. The molecular weight excluding hydrogens is 553 g/mol. The number of carbonyl (C=O) groups excluding carboxylic acids is 1. The van der Waals surface area contributed by atoms with Crippen molar-refractivity contribution in [3.05, 3.63) is 30.2 Å². The van der Waals surface area contributed by atoms with Crippen molar-refractivity contribution in [3.63, 3.8) is 0 Å². The number of amides is 1. The SMILES string of the molecule is CN[C@@H]1[C@H](O)[C@H](NC)[C@H]2O[C@]3(O)[C@H](O[C@@H]2[C@H]1O)O[C@H](C)C[C@H]3NC(=O)Cc1cn2cccc(OP(=O)(O)O)c2n1. The van der Waals surface area contributed by atoms with E-state index in [1.54, 1.807) is 27.2 Å². The normalized spacial score (nSPS) is 38.0. The number of phosphoric ester groups is 1. The number of fused-ring (bicyclic) bond motifs is 3. The van der Waals surface area contributed by atoms with Gasteiger partial charge in [0.05, 0.1) is 42.4 Å². The molecule has 3 aliphatic rings. The van der Waals surface area contributed by atoms with Gasteiger partial charge in [-0.1, -0.05) is 0 Å². The quantitative estimate of drug-likeness (QED) is 0.155. The fraction of sp³-hybridized carbons (Fsp3) is 0.652. The zero-order valence-electron chi connectivity index (χ0n) is 21.9. The first-order valence-electron chi connectivity index (χ1n) is 12.8. The largest absolute Gasteiger partial charge is 0.524 e. The predicted molar refractivity (Wildman–Crippen MR) is 135 cm³/mol. The minimum absolute atomic E-state index is 0.106. The van der Waals surface area contributed by atoms with E-state index in [9.17, 15) is 24.7 Å². The summed E-state index contributed by atoms with van der Waals surface area (Å²) in [6.45, 7) is 1.74. The number of pyridine rings is 1. The topological polar surface area (TPSA) is 226 Å². The molecule has 8 N–H and O–H groups in total. The first-order chi connectivity index (χ1) is 18.8. The maximum absolute atomic E-state index is 13.1. The van der Waals surface area contributed by atoms with E-state index in [4.69, 9.17) is 24.0 Å². The van der Waals surface area contributed by atoms with Crippen molar-refractivity contribution in [2.24, 2.45) is 0 Å². The second kappa shape index (κ2) is 10.9. The average Bonchev–Trinajstić information content (AvgIpc) is 3.27. The van der Waals surface area contributed by atoms with Crippen molar-refractivity contribution in [1.29, 1.82) is 0 Å². The Morgan fingerprint density at radius 3 is 2.60 bits per heavy atom. The Morgan fingerprint density at radius 2 is 1.93 bits per heavy atom. The summed E-state index contributed by atoms with van der Waals surface area (Å²) in [6, 6.07) is 0.396. The van der Waals surface area contributed by atoms with Crippen molar-refractivity contribution in [2.45, 2.75) is 80.5 Å². The zero-order valence-corrected chi connectivity index (χ0v) is 22.8. The van der Waals surface area contributed by atoms with Crippen LogP contribution in [0.15, 0.2) is 24.5 Å². The van der Waals surface area contributed by atoms with Crippen molar-refractivity contribution in [2.75, 3.05) is 14.1 Å². The van der Waals surface area contributed by atoms with E-state index in [1.807, 2.05) is 0 Å². The van der Waals surface area contributed by atoms with Crippen LogP contribution in [0.25, 0.3) is 5.65 Å². The summed E-state index contributed by atoms with van der Waals surface area (Å²) in [5.41, 5.74) is 0.380. The third-order valence-corrected chi connectivity index (χ3v) is 7.98. The summed E-state index contributed by atoms with van der Waals surface area (Å²) >= 11 is 0. The number of aromatic nitrogens is 2. The van der Waals surface area contributed by atoms with Gasteiger partial charge in [0.25, 0.3) is 0 Å². The molecule has 2 aromatic rings. The van der Waals surface area contributed by atoms with E-state index in [0.717, 1.165) is 0 Å². The second-order valence-corrected chi connectivity index (χ2v) is 11.4. The third-order valence-electron chi connectivity index (χ3n) is 7.54. The van der Waals surface area contributed by atoms with Gasteiger partial charge < -0.3 is 54.4 Å². The summed E-state index contributed by atoms with van der Waals surface area (Å²) < 4.78 is 35.4. The molecule has 5 rings (SSSR count). The number of nitrogens with one attached hydrogen (secondary N) is 3. The lowest BCUT2D eigenvalue weighted by Gasteiger charge is -2.58. The van der Waals surface area contributed by atoms with Crippen LogP contribution in [-0.4, -0.2) is 115 Å². The lowest BCUT2D eigenvalue weighted by molar-refractivity contribution is -0.449. The summed E-state index contributed by atoms with van der Waals surface area (Å²) in [4.78, 5) is 35.7. The van der Waals surface area contributed by atoms with Crippen LogP contribution < -0.4 is 20.5 Å². The molecule has 2 aromatic heterocycles. The molecule has 40 heavy (non-hydrogen) atoms. The number of likely N-dealkylation sites (N-methyl/N-ethyl adjacent to an activating group) is 2. The van der Waals surface area contributed by atoms with Gasteiger partial charge in [-0.05, 0) is 39.6 Å². The molecule has 17 heteroatoms. The number of carbonyl (C=O) groups is 1. The molecule has 1 saturated carbocycles. The van der Waals surface area contributed by atoms with Gasteiger partial charge >= 0.3 is 7.82 Å². The summed E-state index contributed by atoms with van der Waals surface area (Å²) in [6.07, 6.45) is -2.97. The first-order valence-corrected chi connectivity index (χ1v) is 14.3. The molecule has 2 saturated heterocycles. The van der Waals surface area contributed by atoms with Gasteiger partial charge in [-0.3, -0.25) is 14.6 Å². The Balaban J connectivity index is 1.35. The van der Waals surface area contributed by atoms with Crippen LogP contribution >= 0.6 is 7.82 Å². The molecular formula is C23H34N5O11P. The molecule has 0 radical (unpaired) electrons. The minimum atomic E-state index is -4.83. The van der Waals surface area contributed by atoms with Crippen molar-refractivity contribution in [1.82, 2.24) is 25.3 Å². The Hall–Kier alpha value is -2.21. The van der Waals surface area contributed by atoms with Crippen LogP contribution in [-0.2, 0) is 30.0 Å². The van der Waals surface area contributed by atoms with Gasteiger partial charge in [-0.2, -0.15) is 0 Å². The van der Waals surface area contributed by atoms with E-state index in [0.29, 0.717) is 0 Å². The first kappa shape index (κ1) is 29.3. The Morgan fingerprint density at radius 1 is 1.20 bits per heavy atom. The predicted octanol–water partition coefficient (Wildman–Crippen LogP) is -2.65. The summed E-state index contributed by atoms with van der Waals surface area (Å²) in [7, 11) is -1.62. The number of aliphatic hydroxyl groups is 3. The standard InChI is InChI=1S/C23H34N5O11P/c1-10-7-13(27-14(29)8-11-9-28-6-4-5-12(21(28)26-11)39-40(33,34)35)23(32)22(36-10)37-20-18(31)15(24-2)17(30)16(25-3)19(20)38-23/h4-6,9-10,13,15-20,22,24-25,30-32H,7-8H2,1-3H3,(H,27,29)(H2,33,34,35)/t10-,13-,15-,16+,17+,18+,19-,20-,22+,23+/m1/s1. The van der Waals surface area contributed by atoms with Gasteiger partial charge in [0, 0.05) is 12.4 Å². The van der Waals surface area contributed by atoms with E-state index in [1.165, 1.54) is 22.7 Å². The Labute approximate surface area is 228 Å². The zero-order chi connectivity index (χ0) is 29.0. The smallest absolute Gasteiger partial charge is 0.400 e. The number of phosphoric acid groups is 1. The highest BCUT2D eigenvalue weighted by Gasteiger charge is 2.63. The van der Waals surface area contributed by atoms with Gasteiger partial charge in [-0.15, -0.1) is 0 Å². The molecule has 16 nitrogen and oxygen atoms in total. The lowest BCUT2D eigenvalue weighted by atomic mass is 9.79. The van der Waals surface area contributed by atoms with E-state index < -0.39 is 74.5 Å². The van der Waals surface area contributed by atoms with E-state index in [2.05, 4.69) is 25.5 Å². The molecule has 3 fully saturated rings. The highest BCUT2D eigenvalue weighted by molar-refractivity contribution is 7.46. The molecule has 0 bridgehead atoms. The molecule has 1 amide bonds. The van der Waals surface area contributed by atoms with Gasteiger partial charge in [0.2, 0.25) is 18.0 Å². The molecule has 4 heterocycles. The maximum atomic E-state index is 13.1. The van der Waals surface area contributed by atoms with Crippen molar-refractivity contribution < 1.29 is 53.2 Å². The highest BCUT2D eigenvalue weighted by Crippen LogP contribution is 2.42. The molecule has 0 aromatic carbocycles. The van der Waals surface area contributed by atoms with E-state index in [-0.39, 0.29) is 29.9 Å². The molecule has 10 atom stereocenters.